The van der Waals surface area contributed by atoms with E-state index < -0.39 is 12.0 Å². The number of hydrogen-bond donors (Lipinski definition) is 1. The number of rotatable bonds is 3. The van der Waals surface area contributed by atoms with Gasteiger partial charge in [0.2, 0.25) is 6.39 Å². The van der Waals surface area contributed by atoms with Gasteiger partial charge in [-0.15, -0.1) is 0 Å². The summed E-state index contributed by atoms with van der Waals surface area (Å²) in [7, 11) is 0. The summed E-state index contributed by atoms with van der Waals surface area (Å²) in [5.74, 6) is -0.354. The van der Waals surface area contributed by atoms with Crippen LogP contribution in [0.2, 0.25) is 0 Å². The molecule has 1 aliphatic heterocycles. The number of carboxylic acid groups (broad SMARTS) is 1. The maximum absolute atomic E-state index is 11.3. The molecule has 0 saturated heterocycles. The summed E-state index contributed by atoms with van der Waals surface area (Å²) >= 11 is 0. The van der Waals surface area contributed by atoms with Crippen molar-refractivity contribution >= 4 is 11.7 Å². The van der Waals surface area contributed by atoms with Crippen molar-refractivity contribution in [3.8, 4) is 0 Å². The molecule has 92 valence electrons. The van der Waals surface area contributed by atoms with Crippen LogP contribution in [0.25, 0.3) is 0 Å². The highest BCUT2D eigenvalue weighted by Gasteiger charge is 2.34. The van der Waals surface area contributed by atoms with E-state index in [1.807, 2.05) is 24.3 Å². The van der Waals surface area contributed by atoms with Gasteiger partial charge in [-0.25, -0.2) is 4.79 Å². The maximum atomic E-state index is 11.3. The molecule has 0 spiro atoms. The lowest BCUT2D eigenvalue weighted by molar-refractivity contribution is -0.138. The summed E-state index contributed by atoms with van der Waals surface area (Å²) in [5, 5.41) is 13.0. The van der Waals surface area contributed by atoms with Gasteiger partial charge in [-0.05, 0) is 11.6 Å². The molecule has 2 aromatic rings. The molecule has 1 unspecified atom stereocenters. The first-order valence-corrected chi connectivity index (χ1v) is 5.58. The van der Waals surface area contributed by atoms with Crippen LogP contribution in [0.15, 0.2) is 35.2 Å². The second-order valence-corrected chi connectivity index (χ2v) is 4.16. The predicted octanol–water partition coefficient (Wildman–Crippen LogP) is 1.09. The lowest BCUT2D eigenvalue weighted by Crippen LogP contribution is -2.38. The fourth-order valence-corrected chi connectivity index (χ4v) is 2.28. The molecule has 1 aliphatic rings. The second-order valence-electron chi connectivity index (χ2n) is 4.16. The number of fused-ring (bicyclic) bond motifs is 1. The van der Waals surface area contributed by atoms with Gasteiger partial charge in [-0.1, -0.05) is 23.4 Å². The molecule has 0 aliphatic carbocycles. The smallest absolute Gasteiger partial charge is 0.326 e. The Morgan fingerprint density at radius 2 is 2.33 bits per heavy atom. The van der Waals surface area contributed by atoms with E-state index in [0.29, 0.717) is 18.8 Å². The quantitative estimate of drug-likeness (QED) is 0.871. The summed E-state index contributed by atoms with van der Waals surface area (Å²) in [6.07, 6.45) is 1.75. The average Bonchev–Trinajstić information content (AvgIpc) is 2.98. The van der Waals surface area contributed by atoms with Gasteiger partial charge in [0.1, 0.15) is 6.04 Å². The Morgan fingerprint density at radius 1 is 1.50 bits per heavy atom. The number of carboxylic acids is 1. The van der Waals surface area contributed by atoms with Crippen molar-refractivity contribution in [2.45, 2.75) is 19.0 Å². The zero-order valence-electron chi connectivity index (χ0n) is 9.48. The molecular formula is C12H11N3O3. The molecule has 0 radical (unpaired) electrons. The van der Waals surface area contributed by atoms with Crippen LogP contribution in [-0.2, 0) is 17.8 Å². The normalized spacial score (nSPS) is 17.8. The molecule has 0 bridgehead atoms. The predicted molar refractivity (Wildman–Crippen MR) is 62.1 cm³/mol. The Balaban J connectivity index is 1.95. The Morgan fingerprint density at radius 3 is 3.06 bits per heavy atom. The van der Waals surface area contributed by atoms with Gasteiger partial charge in [0, 0.05) is 12.1 Å². The zero-order valence-corrected chi connectivity index (χ0v) is 9.48. The van der Waals surface area contributed by atoms with E-state index in [4.69, 9.17) is 0 Å². The van der Waals surface area contributed by atoms with Crippen molar-refractivity contribution in [2.75, 3.05) is 4.90 Å². The van der Waals surface area contributed by atoms with Crippen LogP contribution in [0.4, 0.5) is 5.69 Å². The van der Waals surface area contributed by atoms with Crippen LogP contribution in [0.3, 0.4) is 0 Å². The van der Waals surface area contributed by atoms with Crippen LogP contribution >= 0.6 is 0 Å². The third-order valence-electron chi connectivity index (χ3n) is 3.09. The summed E-state index contributed by atoms with van der Waals surface area (Å²) in [6, 6.07) is 7.10. The summed E-state index contributed by atoms with van der Waals surface area (Å²) in [4.78, 5) is 17.0. The molecule has 1 aromatic carbocycles. The Kier molecular flexibility index (Phi) is 2.47. The van der Waals surface area contributed by atoms with Crippen molar-refractivity contribution < 1.29 is 14.4 Å². The molecule has 0 saturated carbocycles. The fourth-order valence-electron chi connectivity index (χ4n) is 2.28. The Bertz CT molecular complexity index is 568. The lowest BCUT2D eigenvalue weighted by atomic mass is 10.1. The lowest BCUT2D eigenvalue weighted by Gasteiger charge is -2.22. The van der Waals surface area contributed by atoms with E-state index in [9.17, 15) is 9.90 Å². The largest absolute Gasteiger partial charge is 0.480 e. The first-order chi connectivity index (χ1) is 8.75. The minimum atomic E-state index is -0.838. The van der Waals surface area contributed by atoms with Gasteiger partial charge in [-0.2, -0.15) is 4.98 Å². The summed E-state index contributed by atoms with van der Waals surface area (Å²) in [5.41, 5.74) is 1.96. The van der Waals surface area contributed by atoms with Crippen LogP contribution in [0.5, 0.6) is 0 Å². The highest BCUT2D eigenvalue weighted by Crippen LogP contribution is 2.32. The molecule has 3 rings (SSSR count). The minimum absolute atomic E-state index is 0.338. The molecule has 1 atom stereocenters. The average molecular weight is 245 g/mol. The fraction of sp³-hybridized carbons (Fsp3) is 0.250. The number of anilines is 1. The van der Waals surface area contributed by atoms with Gasteiger partial charge >= 0.3 is 5.97 Å². The monoisotopic (exact) mass is 245 g/mol. The number of carbonyl (C=O) groups is 1. The highest BCUT2D eigenvalue weighted by atomic mass is 16.5. The maximum Gasteiger partial charge on any atom is 0.326 e. The van der Waals surface area contributed by atoms with E-state index in [2.05, 4.69) is 14.7 Å². The van der Waals surface area contributed by atoms with Crippen LogP contribution in [-0.4, -0.2) is 27.3 Å². The zero-order chi connectivity index (χ0) is 12.5. The van der Waals surface area contributed by atoms with Crippen LogP contribution in [0, 0.1) is 0 Å². The van der Waals surface area contributed by atoms with E-state index >= 15 is 0 Å². The number of aromatic nitrogens is 2. The van der Waals surface area contributed by atoms with Gasteiger partial charge in [-0.3, -0.25) is 0 Å². The highest BCUT2D eigenvalue weighted by molar-refractivity contribution is 5.82. The Labute approximate surface area is 103 Å². The molecule has 18 heavy (non-hydrogen) atoms. The van der Waals surface area contributed by atoms with Gasteiger partial charge < -0.3 is 14.5 Å². The van der Waals surface area contributed by atoms with E-state index in [1.54, 1.807) is 4.90 Å². The Hall–Kier alpha value is -2.37. The molecule has 0 fully saturated rings. The van der Waals surface area contributed by atoms with E-state index in [0.717, 1.165) is 11.3 Å². The van der Waals surface area contributed by atoms with Gasteiger partial charge in [0.05, 0.1) is 6.54 Å². The SMILES string of the molecule is O=C(O)C1Cc2ccccc2N1Cc1ncon1. The number of hydrogen-bond acceptors (Lipinski definition) is 5. The van der Waals surface area contributed by atoms with Crippen LogP contribution in [0.1, 0.15) is 11.4 Å². The molecule has 6 heteroatoms. The van der Waals surface area contributed by atoms with E-state index in [-0.39, 0.29) is 0 Å². The molecule has 1 N–H and O–H groups in total. The van der Waals surface area contributed by atoms with Gasteiger partial charge in [0.25, 0.3) is 0 Å². The number of benzene rings is 1. The summed E-state index contributed by atoms with van der Waals surface area (Å²) < 4.78 is 4.67. The van der Waals surface area contributed by atoms with Crippen molar-refractivity contribution in [1.82, 2.24) is 10.1 Å². The van der Waals surface area contributed by atoms with Crippen molar-refractivity contribution in [3.05, 3.63) is 42.0 Å². The minimum Gasteiger partial charge on any atom is -0.480 e. The number of para-hydroxylation sites is 1. The first-order valence-electron chi connectivity index (χ1n) is 5.58. The molecule has 1 aromatic heterocycles. The standard InChI is InChI=1S/C12H11N3O3/c16-12(17)10-5-8-3-1-2-4-9(8)15(10)6-11-13-7-18-14-11/h1-4,7,10H,5-6H2,(H,16,17). The molecular weight excluding hydrogens is 234 g/mol. The third kappa shape index (κ3) is 1.71. The molecule has 2 heterocycles. The topological polar surface area (TPSA) is 79.5 Å². The molecule has 0 amide bonds. The van der Waals surface area contributed by atoms with Gasteiger partial charge in [0.15, 0.2) is 5.82 Å². The van der Waals surface area contributed by atoms with Crippen LogP contribution < -0.4 is 4.90 Å². The van der Waals surface area contributed by atoms with E-state index in [1.165, 1.54) is 6.39 Å². The number of aliphatic carboxylic acids is 1. The van der Waals surface area contributed by atoms with Crippen molar-refractivity contribution in [3.63, 3.8) is 0 Å². The third-order valence-corrected chi connectivity index (χ3v) is 3.09. The first kappa shape index (κ1) is 10.8. The molecule has 6 nitrogen and oxygen atoms in total. The van der Waals surface area contributed by atoms with Crippen molar-refractivity contribution in [2.24, 2.45) is 0 Å². The second kappa shape index (κ2) is 4.14. The number of nitrogens with zero attached hydrogens (tertiary/aromatic N) is 3. The summed E-state index contributed by atoms with van der Waals surface area (Å²) in [6.45, 7) is 0.338. The van der Waals surface area contributed by atoms with Crippen molar-refractivity contribution in [1.29, 1.82) is 0 Å².